The summed E-state index contributed by atoms with van der Waals surface area (Å²) in [7, 11) is 1.42. The van der Waals surface area contributed by atoms with Crippen LogP contribution in [0.2, 0.25) is 0 Å². The minimum Gasteiger partial charge on any atom is -0.468 e. The second-order valence-corrected chi connectivity index (χ2v) is 5.76. The zero-order valence-electron chi connectivity index (χ0n) is 10.7. The molecule has 0 amide bonds. The lowest BCUT2D eigenvalue weighted by atomic mass is 9.96. The van der Waals surface area contributed by atoms with E-state index in [1.165, 1.54) is 18.4 Å². The van der Waals surface area contributed by atoms with Crippen LogP contribution in [0.3, 0.4) is 0 Å². The summed E-state index contributed by atoms with van der Waals surface area (Å²) in [4.78, 5) is 13.5. The van der Waals surface area contributed by atoms with E-state index in [2.05, 4.69) is 46.0 Å². The molecule has 2 rings (SSSR count). The van der Waals surface area contributed by atoms with Crippen LogP contribution in [-0.4, -0.2) is 30.5 Å². The molecule has 1 aromatic carbocycles. The second-order valence-electron chi connectivity index (χ2n) is 4.66. The van der Waals surface area contributed by atoms with Crippen LogP contribution in [0.1, 0.15) is 18.9 Å². The van der Waals surface area contributed by atoms with Crippen LogP contribution >= 0.6 is 15.9 Å². The normalized spacial score (nSPS) is 20.2. The summed E-state index contributed by atoms with van der Waals surface area (Å²) >= 11 is 3.40. The number of para-hydroxylation sites is 1. The van der Waals surface area contributed by atoms with Crippen molar-refractivity contribution in [3.63, 3.8) is 0 Å². The molecule has 0 fully saturated rings. The number of alkyl halides is 1. The number of hydrogen-bond donors (Lipinski definition) is 0. The Labute approximate surface area is 116 Å². The molecule has 2 atom stereocenters. The van der Waals surface area contributed by atoms with Crippen LogP contribution in [0.15, 0.2) is 24.3 Å². The van der Waals surface area contributed by atoms with E-state index in [1.54, 1.807) is 0 Å². The lowest BCUT2D eigenvalue weighted by Gasteiger charge is -2.37. The Morgan fingerprint density at radius 1 is 1.56 bits per heavy atom. The highest BCUT2D eigenvalue weighted by atomic mass is 79.9. The molecule has 0 aromatic heterocycles. The molecule has 0 spiro atoms. The van der Waals surface area contributed by atoms with Gasteiger partial charge in [0.2, 0.25) is 0 Å². The van der Waals surface area contributed by atoms with Crippen molar-refractivity contribution in [2.75, 3.05) is 18.6 Å². The van der Waals surface area contributed by atoms with Crippen molar-refractivity contribution >= 4 is 27.6 Å². The number of aryl methyl sites for hydroxylation is 1. The summed E-state index contributed by atoms with van der Waals surface area (Å²) in [5.74, 6) is -0.217. The maximum atomic E-state index is 11.5. The molecule has 0 radical (unpaired) electrons. The van der Waals surface area contributed by atoms with Gasteiger partial charge in [0.25, 0.3) is 0 Å². The van der Waals surface area contributed by atoms with Crippen molar-refractivity contribution in [2.24, 2.45) is 0 Å². The van der Waals surface area contributed by atoms with E-state index in [4.69, 9.17) is 4.74 Å². The lowest BCUT2D eigenvalue weighted by molar-refractivity contribution is -0.139. The molecule has 1 aliphatic heterocycles. The van der Waals surface area contributed by atoms with Crippen molar-refractivity contribution < 1.29 is 9.53 Å². The van der Waals surface area contributed by atoms with Gasteiger partial charge in [0.1, 0.15) is 4.83 Å². The number of halogens is 1. The standard InChI is InChI=1S/C14H18BrNO2/c1-10-7-8-11-5-3-4-6-13(11)16(10)9-12(15)14(17)18-2/h3-6,10,12H,7-9H2,1-2H3. The van der Waals surface area contributed by atoms with Gasteiger partial charge in [0.15, 0.2) is 0 Å². The molecule has 0 aliphatic carbocycles. The van der Waals surface area contributed by atoms with Crippen LogP contribution in [0.25, 0.3) is 0 Å². The minimum absolute atomic E-state index is 0.217. The van der Waals surface area contributed by atoms with E-state index in [1.807, 2.05) is 6.07 Å². The number of ether oxygens (including phenoxy) is 1. The summed E-state index contributed by atoms with van der Waals surface area (Å²) in [5.41, 5.74) is 2.60. The molecule has 3 nitrogen and oxygen atoms in total. The number of nitrogens with zero attached hydrogens (tertiary/aromatic N) is 1. The highest BCUT2D eigenvalue weighted by Crippen LogP contribution is 2.31. The van der Waals surface area contributed by atoms with Gasteiger partial charge >= 0.3 is 5.97 Å². The first-order valence-corrected chi connectivity index (χ1v) is 7.11. The average Bonchev–Trinajstić information content (AvgIpc) is 2.41. The number of benzene rings is 1. The van der Waals surface area contributed by atoms with Gasteiger partial charge < -0.3 is 9.64 Å². The van der Waals surface area contributed by atoms with Gasteiger partial charge in [-0.15, -0.1) is 0 Å². The summed E-state index contributed by atoms with van der Waals surface area (Å²) in [5, 5.41) is 0. The second kappa shape index (κ2) is 5.74. The van der Waals surface area contributed by atoms with Gasteiger partial charge in [-0.25, -0.2) is 0 Å². The Balaban J connectivity index is 2.19. The molecule has 2 unspecified atom stereocenters. The summed E-state index contributed by atoms with van der Waals surface area (Å²) in [6.07, 6.45) is 2.23. The Bertz CT molecular complexity index is 436. The van der Waals surface area contributed by atoms with E-state index in [-0.39, 0.29) is 10.8 Å². The first-order valence-electron chi connectivity index (χ1n) is 6.20. The van der Waals surface area contributed by atoms with Gasteiger partial charge in [-0.05, 0) is 31.4 Å². The van der Waals surface area contributed by atoms with Gasteiger partial charge in [0.05, 0.1) is 7.11 Å². The molecular formula is C14H18BrNO2. The fourth-order valence-corrected chi connectivity index (χ4v) is 2.91. The largest absolute Gasteiger partial charge is 0.468 e. The number of esters is 1. The van der Waals surface area contributed by atoms with E-state index < -0.39 is 0 Å². The van der Waals surface area contributed by atoms with Gasteiger partial charge in [-0.3, -0.25) is 4.79 Å². The fraction of sp³-hybridized carbons (Fsp3) is 0.500. The third-order valence-corrected chi connectivity index (χ3v) is 4.14. The topological polar surface area (TPSA) is 29.5 Å². The van der Waals surface area contributed by atoms with E-state index >= 15 is 0 Å². The molecule has 4 heteroatoms. The molecule has 1 heterocycles. The lowest BCUT2D eigenvalue weighted by Crippen LogP contribution is -2.42. The number of anilines is 1. The minimum atomic E-state index is -0.281. The number of carbonyl (C=O) groups is 1. The Morgan fingerprint density at radius 2 is 2.28 bits per heavy atom. The Kier molecular flexibility index (Phi) is 4.27. The predicted molar refractivity (Wildman–Crippen MR) is 76.3 cm³/mol. The fourth-order valence-electron chi connectivity index (χ4n) is 2.41. The number of carbonyl (C=O) groups excluding carboxylic acids is 1. The van der Waals surface area contributed by atoms with Crippen molar-refractivity contribution in [3.8, 4) is 0 Å². The van der Waals surface area contributed by atoms with Gasteiger partial charge in [-0.1, -0.05) is 34.1 Å². The average molecular weight is 312 g/mol. The van der Waals surface area contributed by atoms with E-state index in [9.17, 15) is 4.79 Å². The Hall–Kier alpha value is -1.03. The maximum absolute atomic E-state index is 11.5. The Morgan fingerprint density at radius 3 is 3.00 bits per heavy atom. The number of fused-ring (bicyclic) bond motifs is 1. The molecule has 1 aromatic rings. The molecular weight excluding hydrogens is 294 g/mol. The third-order valence-electron chi connectivity index (χ3n) is 3.48. The van der Waals surface area contributed by atoms with Crippen molar-refractivity contribution in [1.29, 1.82) is 0 Å². The molecule has 0 saturated carbocycles. The first-order chi connectivity index (χ1) is 8.63. The smallest absolute Gasteiger partial charge is 0.321 e. The zero-order valence-corrected chi connectivity index (χ0v) is 12.3. The SMILES string of the molecule is COC(=O)C(Br)CN1c2ccccc2CCC1C. The van der Waals surface area contributed by atoms with Crippen molar-refractivity contribution in [1.82, 2.24) is 0 Å². The molecule has 0 N–H and O–H groups in total. The number of hydrogen-bond acceptors (Lipinski definition) is 3. The summed E-state index contributed by atoms with van der Waals surface area (Å²) in [6.45, 7) is 2.85. The molecule has 18 heavy (non-hydrogen) atoms. The highest BCUT2D eigenvalue weighted by Gasteiger charge is 2.27. The molecule has 0 saturated heterocycles. The number of methoxy groups -OCH3 is 1. The predicted octanol–water partition coefficient (Wildman–Crippen LogP) is 2.76. The van der Waals surface area contributed by atoms with E-state index in [0.717, 1.165) is 12.8 Å². The van der Waals surface area contributed by atoms with Crippen LogP contribution in [0.5, 0.6) is 0 Å². The summed E-state index contributed by atoms with van der Waals surface area (Å²) in [6, 6.07) is 8.85. The molecule has 0 bridgehead atoms. The van der Waals surface area contributed by atoms with Crippen molar-refractivity contribution in [3.05, 3.63) is 29.8 Å². The van der Waals surface area contributed by atoms with Crippen LogP contribution in [-0.2, 0) is 16.0 Å². The first kappa shape index (κ1) is 13.4. The van der Waals surface area contributed by atoms with Gasteiger partial charge in [-0.2, -0.15) is 0 Å². The third kappa shape index (κ3) is 2.69. The van der Waals surface area contributed by atoms with Crippen LogP contribution in [0, 0.1) is 0 Å². The van der Waals surface area contributed by atoms with E-state index in [0.29, 0.717) is 12.6 Å². The molecule has 1 aliphatic rings. The monoisotopic (exact) mass is 311 g/mol. The van der Waals surface area contributed by atoms with Crippen LogP contribution < -0.4 is 4.90 Å². The van der Waals surface area contributed by atoms with Crippen molar-refractivity contribution in [2.45, 2.75) is 30.6 Å². The molecule has 98 valence electrons. The van der Waals surface area contributed by atoms with Crippen LogP contribution in [0.4, 0.5) is 5.69 Å². The maximum Gasteiger partial charge on any atom is 0.321 e. The highest BCUT2D eigenvalue weighted by molar-refractivity contribution is 9.10. The summed E-state index contributed by atoms with van der Waals surface area (Å²) < 4.78 is 4.76. The zero-order chi connectivity index (χ0) is 13.1. The van der Waals surface area contributed by atoms with Gasteiger partial charge in [0, 0.05) is 18.3 Å². The number of rotatable bonds is 3. The quantitative estimate of drug-likeness (QED) is 0.635.